The predicted molar refractivity (Wildman–Crippen MR) is 72.4 cm³/mol. The van der Waals surface area contributed by atoms with Gasteiger partial charge in [-0.1, -0.05) is 0 Å². The van der Waals surface area contributed by atoms with Crippen LogP contribution in [0.5, 0.6) is 0 Å². The monoisotopic (exact) mass is 262 g/mol. The highest BCUT2D eigenvalue weighted by atomic mass is 16.4. The van der Waals surface area contributed by atoms with Crippen LogP contribution >= 0.6 is 0 Å². The average molecular weight is 262 g/mol. The lowest BCUT2D eigenvalue weighted by Gasteiger charge is -2.32. The number of Topliss-reactive ketones (excluding diaryl/α,β-unsaturated/α-hetero) is 1. The van der Waals surface area contributed by atoms with Crippen molar-refractivity contribution >= 4 is 17.4 Å². The van der Waals surface area contributed by atoms with Gasteiger partial charge in [-0.25, -0.2) is 0 Å². The second kappa shape index (κ2) is 5.84. The van der Waals surface area contributed by atoms with Crippen LogP contribution in [0.25, 0.3) is 0 Å². The third-order valence-electron chi connectivity index (χ3n) is 3.58. The summed E-state index contributed by atoms with van der Waals surface area (Å²) in [6, 6.07) is 7.33. The predicted octanol–water partition coefficient (Wildman–Crippen LogP) is 1.13. The minimum atomic E-state index is -0.705. The van der Waals surface area contributed by atoms with Crippen molar-refractivity contribution in [3.63, 3.8) is 0 Å². The minimum absolute atomic E-state index is 0.0172. The highest BCUT2D eigenvalue weighted by Crippen LogP contribution is 2.23. The molecule has 0 spiro atoms. The zero-order valence-electron chi connectivity index (χ0n) is 10.7. The Balaban J connectivity index is 2.00. The molecule has 5 nitrogen and oxygen atoms in total. The zero-order chi connectivity index (χ0) is 13.8. The van der Waals surface area contributed by atoms with E-state index in [-0.39, 0.29) is 18.2 Å². The van der Waals surface area contributed by atoms with E-state index in [0.717, 1.165) is 18.8 Å². The number of hydrogen-bond donors (Lipinski definition) is 2. The quantitative estimate of drug-likeness (QED) is 0.795. The van der Waals surface area contributed by atoms with Gasteiger partial charge in [-0.05, 0) is 37.1 Å². The van der Waals surface area contributed by atoms with E-state index in [2.05, 4.69) is 4.90 Å². The fraction of sp³-hybridized carbons (Fsp3) is 0.429. The molecule has 1 saturated heterocycles. The van der Waals surface area contributed by atoms with Crippen LogP contribution < -0.4 is 10.6 Å². The molecular weight excluding hydrogens is 244 g/mol. The summed E-state index contributed by atoms with van der Waals surface area (Å²) in [5.74, 6) is -1.01. The van der Waals surface area contributed by atoms with Crippen molar-refractivity contribution in [3.05, 3.63) is 29.8 Å². The van der Waals surface area contributed by atoms with Crippen LogP contribution in [0, 0.1) is 5.92 Å². The van der Waals surface area contributed by atoms with Gasteiger partial charge in [-0.2, -0.15) is 0 Å². The van der Waals surface area contributed by atoms with Gasteiger partial charge in [0.1, 0.15) is 0 Å². The van der Waals surface area contributed by atoms with E-state index in [1.807, 2.05) is 12.1 Å². The van der Waals surface area contributed by atoms with Crippen molar-refractivity contribution in [2.45, 2.75) is 12.8 Å². The summed E-state index contributed by atoms with van der Waals surface area (Å²) < 4.78 is 0. The molecule has 1 aromatic rings. The summed E-state index contributed by atoms with van der Waals surface area (Å²) >= 11 is 0. The maximum atomic E-state index is 11.4. The molecule has 0 radical (unpaired) electrons. The summed E-state index contributed by atoms with van der Waals surface area (Å²) in [5, 5.41) is 8.95. The molecule has 0 saturated carbocycles. The molecule has 0 aliphatic carbocycles. The SMILES string of the molecule is NCC(=O)c1ccc(N2CCC(C(=O)O)CC2)cc1. The first kappa shape index (κ1) is 13.5. The maximum Gasteiger partial charge on any atom is 0.306 e. The Hall–Kier alpha value is -1.88. The lowest BCUT2D eigenvalue weighted by atomic mass is 9.96. The molecule has 1 fully saturated rings. The number of ketones is 1. The molecular formula is C14H18N2O3. The molecule has 19 heavy (non-hydrogen) atoms. The summed E-state index contributed by atoms with van der Waals surface area (Å²) in [5.41, 5.74) is 6.96. The minimum Gasteiger partial charge on any atom is -0.481 e. The van der Waals surface area contributed by atoms with Crippen molar-refractivity contribution in [1.82, 2.24) is 0 Å². The van der Waals surface area contributed by atoms with E-state index < -0.39 is 5.97 Å². The number of aliphatic carboxylic acids is 1. The number of anilines is 1. The second-order valence-corrected chi connectivity index (χ2v) is 4.77. The van der Waals surface area contributed by atoms with Gasteiger partial charge in [0.25, 0.3) is 0 Å². The second-order valence-electron chi connectivity index (χ2n) is 4.77. The van der Waals surface area contributed by atoms with Gasteiger partial charge < -0.3 is 15.7 Å². The van der Waals surface area contributed by atoms with Crippen molar-refractivity contribution < 1.29 is 14.7 Å². The Morgan fingerprint density at radius 1 is 1.21 bits per heavy atom. The van der Waals surface area contributed by atoms with E-state index >= 15 is 0 Å². The molecule has 0 atom stereocenters. The fourth-order valence-corrected chi connectivity index (χ4v) is 2.36. The third-order valence-corrected chi connectivity index (χ3v) is 3.58. The summed E-state index contributed by atoms with van der Waals surface area (Å²) in [4.78, 5) is 24.4. The van der Waals surface area contributed by atoms with Crippen LogP contribution in [0.3, 0.4) is 0 Å². The zero-order valence-corrected chi connectivity index (χ0v) is 10.7. The molecule has 2 rings (SSSR count). The number of carboxylic acid groups (broad SMARTS) is 1. The molecule has 0 unspecified atom stereocenters. The highest BCUT2D eigenvalue weighted by molar-refractivity contribution is 5.97. The summed E-state index contributed by atoms with van der Waals surface area (Å²) in [6.07, 6.45) is 1.33. The van der Waals surface area contributed by atoms with Crippen molar-refractivity contribution in [3.8, 4) is 0 Å². The normalized spacial score (nSPS) is 16.4. The number of hydrogen-bond acceptors (Lipinski definition) is 4. The van der Waals surface area contributed by atoms with E-state index in [4.69, 9.17) is 10.8 Å². The van der Waals surface area contributed by atoms with E-state index in [1.54, 1.807) is 12.1 Å². The van der Waals surface area contributed by atoms with Crippen LogP contribution in [0.15, 0.2) is 24.3 Å². The first-order valence-corrected chi connectivity index (χ1v) is 6.43. The Morgan fingerprint density at radius 2 is 1.79 bits per heavy atom. The van der Waals surface area contributed by atoms with Gasteiger partial charge in [-0.15, -0.1) is 0 Å². The summed E-state index contributed by atoms with van der Waals surface area (Å²) in [7, 11) is 0. The smallest absolute Gasteiger partial charge is 0.306 e. The van der Waals surface area contributed by atoms with Gasteiger partial charge in [0, 0.05) is 24.3 Å². The Labute approximate surface area is 112 Å². The molecule has 1 heterocycles. The first-order chi connectivity index (χ1) is 9.11. The fourth-order valence-electron chi connectivity index (χ4n) is 2.36. The van der Waals surface area contributed by atoms with Crippen molar-refractivity contribution in [2.24, 2.45) is 11.7 Å². The van der Waals surface area contributed by atoms with Gasteiger partial charge in [0.15, 0.2) is 5.78 Å². The molecule has 5 heteroatoms. The Morgan fingerprint density at radius 3 is 2.26 bits per heavy atom. The van der Waals surface area contributed by atoms with Gasteiger partial charge in [0.05, 0.1) is 12.5 Å². The Kier molecular flexibility index (Phi) is 4.16. The molecule has 0 bridgehead atoms. The number of benzene rings is 1. The maximum absolute atomic E-state index is 11.4. The molecule has 1 aliphatic heterocycles. The molecule has 0 amide bonds. The van der Waals surface area contributed by atoms with E-state index in [1.165, 1.54) is 0 Å². The van der Waals surface area contributed by atoms with E-state index in [9.17, 15) is 9.59 Å². The highest BCUT2D eigenvalue weighted by Gasteiger charge is 2.24. The van der Waals surface area contributed by atoms with Gasteiger partial charge in [-0.3, -0.25) is 9.59 Å². The van der Waals surface area contributed by atoms with Crippen LogP contribution in [0.1, 0.15) is 23.2 Å². The third kappa shape index (κ3) is 3.12. The standard InChI is InChI=1S/C14H18N2O3/c15-9-13(17)10-1-3-12(4-2-10)16-7-5-11(6-8-16)14(18)19/h1-4,11H,5-9,15H2,(H,18,19). The lowest BCUT2D eigenvalue weighted by molar-refractivity contribution is -0.142. The molecule has 1 aromatic carbocycles. The number of carbonyl (C=O) groups excluding carboxylic acids is 1. The van der Waals surface area contributed by atoms with Crippen LogP contribution in [-0.2, 0) is 4.79 Å². The molecule has 3 N–H and O–H groups in total. The van der Waals surface area contributed by atoms with Crippen LogP contribution in [-0.4, -0.2) is 36.5 Å². The van der Waals surface area contributed by atoms with Crippen LogP contribution in [0.4, 0.5) is 5.69 Å². The number of nitrogens with two attached hydrogens (primary N) is 1. The molecule has 102 valence electrons. The topological polar surface area (TPSA) is 83.6 Å². The number of rotatable bonds is 4. The number of carbonyl (C=O) groups is 2. The van der Waals surface area contributed by atoms with E-state index in [0.29, 0.717) is 18.4 Å². The number of carboxylic acids is 1. The van der Waals surface area contributed by atoms with Gasteiger partial charge >= 0.3 is 5.97 Å². The number of piperidine rings is 1. The molecule has 0 aromatic heterocycles. The van der Waals surface area contributed by atoms with Crippen molar-refractivity contribution in [1.29, 1.82) is 0 Å². The lowest BCUT2D eigenvalue weighted by Crippen LogP contribution is -2.36. The number of nitrogens with zero attached hydrogens (tertiary/aromatic N) is 1. The first-order valence-electron chi connectivity index (χ1n) is 6.43. The Bertz CT molecular complexity index is 462. The largest absolute Gasteiger partial charge is 0.481 e. The van der Waals surface area contributed by atoms with Crippen molar-refractivity contribution in [2.75, 3.05) is 24.5 Å². The average Bonchev–Trinajstić information content (AvgIpc) is 2.46. The van der Waals surface area contributed by atoms with Gasteiger partial charge in [0.2, 0.25) is 0 Å². The molecule has 1 aliphatic rings. The summed E-state index contributed by atoms with van der Waals surface area (Å²) in [6.45, 7) is 1.49. The van der Waals surface area contributed by atoms with Crippen LogP contribution in [0.2, 0.25) is 0 Å².